The van der Waals surface area contributed by atoms with E-state index in [-0.39, 0.29) is 0 Å². The first-order valence-electron chi connectivity index (χ1n) is 4.91. The van der Waals surface area contributed by atoms with Crippen molar-refractivity contribution in [1.29, 1.82) is 0 Å². The average molecular weight is 227 g/mol. The number of nitrogens with two attached hydrogens (primary N) is 1. The van der Waals surface area contributed by atoms with Crippen molar-refractivity contribution in [3.8, 4) is 5.75 Å². The fourth-order valence-electron chi connectivity index (χ4n) is 1.08. The molecule has 0 aliphatic heterocycles. The quantitative estimate of drug-likeness (QED) is 0.569. The van der Waals surface area contributed by atoms with Gasteiger partial charge >= 0.3 is 0 Å². The van der Waals surface area contributed by atoms with E-state index in [4.69, 9.17) is 15.2 Å². The molecule has 0 fully saturated rings. The Bertz CT molecular complexity index is 264. The molecular formula is C11H17NO2S. The van der Waals surface area contributed by atoms with Gasteiger partial charge in [0.05, 0.1) is 13.2 Å². The van der Waals surface area contributed by atoms with Crippen LogP contribution in [0.4, 0.5) is 0 Å². The maximum atomic E-state index is 5.48. The second-order valence-corrected chi connectivity index (χ2v) is 3.80. The van der Waals surface area contributed by atoms with E-state index in [0.29, 0.717) is 26.4 Å². The van der Waals surface area contributed by atoms with Crippen molar-refractivity contribution in [1.82, 2.24) is 0 Å². The highest BCUT2D eigenvalue weighted by molar-refractivity contribution is 7.98. The Morgan fingerprint density at radius 3 is 2.47 bits per heavy atom. The van der Waals surface area contributed by atoms with Crippen molar-refractivity contribution in [3.63, 3.8) is 0 Å². The Hall–Kier alpha value is -0.710. The number of hydrogen-bond donors (Lipinski definition) is 1. The van der Waals surface area contributed by atoms with E-state index in [2.05, 4.69) is 6.26 Å². The minimum Gasteiger partial charge on any atom is -0.491 e. The Morgan fingerprint density at radius 2 is 1.87 bits per heavy atom. The molecule has 0 saturated carbocycles. The highest BCUT2D eigenvalue weighted by atomic mass is 32.2. The Balaban J connectivity index is 2.20. The Kier molecular flexibility index (Phi) is 6.23. The van der Waals surface area contributed by atoms with Gasteiger partial charge in [0, 0.05) is 11.4 Å². The van der Waals surface area contributed by atoms with Gasteiger partial charge < -0.3 is 15.2 Å². The molecule has 1 aromatic rings. The number of benzene rings is 1. The highest BCUT2D eigenvalue weighted by Gasteiger charge is 1.94. The minimum atomic E-state index is 0.558. The zero-order valence-corrected chi connectivity index (χ0v) is 9.76. The van der Waals surface area contributed by atoms with Crippen molar-refractivity contribution in [3.05, 3.63) is 24.3 Å². The van der Waals surface area contributed by atoms with Gasteiger partial charge in [-0.25, -0.2) is 0 Å². The molecule has 84 valence electrons. The molecular weight excluding hydrogens is 210 g/mol. The first-order valence-corrected chi connectivity index (χ1v) is 6.14. The van der Waals surface area contributed by atoms with Gasteiger partial charge in [-0.15, -0.1) is 11.8 Å². The van der Waals surface area contributed by atoms with Crippen molar-refractivity contribution in [2.75, 3.05) is 32.6 Å². The topological polar surface area (TPSA) is 44.5 Å². The molecule has 1 rings (SSSR count). The lowest BCUT2D eigenvalue weighted by atomic mass is 10.3. The lowest BCUT2D eigenvalue weighted by Crippen LogP contribution is -2.13. The molecule has 2 N–H and O–H groups in total. The summed E-state index contributed by atoms with van der Waals surface area (Å²) in [6.07, 6.45) is 2.05. The molecule has 0 unspecified atom stereocenters. The monoisotopic (exact) mass is 227 g/mol. The summed E-state index contributed by atoms with van der Waals surface area (Å²) in [5.41, 5.74) is 5.29. The largest absolute Gasteiger partial charge is 0.491 e. The van der Waals surface area contributed by atoms with Crippen molar-refractivity contribution >= 4 is 11.8 Å². The summed E-state index contributed by atoms with van der Waals surface area (Å²) in [5.74, 6) is 0.879. The van der Waals surface area contributed by atoms with E-state index < -0.39 is 0 Å². The van der Waals surface area contributed by atoms with Crippen LogP contribution in [0.25, 0.3) is 0 Å². The summed E-state index contributed by atoms with van der Waals surface area (Å²) >= 11 is 1.72. The Labute approximate surface area is 94.9 Å². The van der Waals surface area contributed by atoms with Gasteiger partial charge in [0.1, 0.15) is 12.4 Å². The zero-order chi connectivity index (χ0) is 10.9. The Morgan fingerprint density at radius 1 is 1.13 bits per heavy atom. The number of hydrogen-bond acceptors (Lipinski definition) is 4. The molecule has 0 aliphatic carbocycles. The van der Waals surface area contributed by atoms with Crippen LogP contribution < -0.4 is 10.5 Å². The molecule has 0 radical (unpaired) electrons. The molecule has 0 aliphatic rings. The summed E-state index contributed by atoms with van der Waals surface area (Å²) in [5, 5.41) is 0. The van der Waals surface area contributed by atoms with E-state index in [0.717, 1.165) is 5.75 Å². The lowest BCUT2D eigenvalue weighted by Gasteiger charge is -2.06. The summed E-state index contributed by atoms with van der Waals surface area (Å²) in [6, 6.07) is 8.02. The van der Waals surface area contributed by atoms with Gasteiger partial charge in [-0.05, 0) is 30.5 Å². The number of thioether (sulfide) groups is 1. The van der Waals surface area contributed by atoms with Crippen molar-refractivity contribution in [2.45, 2.75) is 4.90 Å². The molecule has 3 nitrogen and oxygen atoms in total. The van der Waals surface area contributed by atoms with E-state index in [1.807, 2.05) is 24.3 Å². The molecule has 0 atom stereocenters. The van der Waals surface area contributed by atoms with Crippen LogP contribution in [0, 0.1) is 0 Å². The van der Waals surface area contributed by atoms with E-state index in [1.54, 1.807) is 11.8 Å². The highest BCUT2D eigenvalue weighted by Crippen LogP contribution is 2.18. The molecule has 0 saturated heterocycles. The van der Waals surface area contributed by atoms with Crippen molar-refractivity contribution < 1.29 is 9.47 Å². The van der Waals surface area contributed by atoms with Crippen LogP contribution in [-0.4, -0.2) is 32.6 Å². The van der Waals surface area contributed by atoms with Crippen molar-refractivity contribution in [2.24, 2.45) is 5.73 Å². The summed E-state index contributed by atoms with van der Waals surface area (Å²) in [7, 11) is 0. The lowest BCUT2D eigenvalue weighted by molar-refractivity contribution is 0.106. The predicted molar refractivity (Wildman–Crippen MR) is 63.6 cm³/mol. The standard InChI is InChI=1S/C11H17NO2S/c1-15-11-4-2-10(3-5-11)14-9-8-13-7-6-12/h2-5H,6-9,12H2,1H3. The predicted octanol–water partition coefficient (Wildman–Crippen LogP) is 1.76. The van der Waals surface area contributed by atoms with Crippen LogP contribution in [0.15, 0.2) is 29.2 Å². The van der Waals surface area contributed by atoms with Gasteiger partial charge in [-0.1, -0.05) is 0 Å². The van der Waals surface area contributed by atoms with Crippen LogP contribution in [0.1, 0.15) is 0 Å². The molecule has 0 amide bonds. The third-order valence-electron chi connectivity index (χ3n) is 1.82. The van der Waals surface area contributed by atoms with Gasteiger partial charge in [0.25, 0.3) is 0 Å². The fraction of sp³-hybridized carbons (Fsp3) is 0.455. The van der Waals surface area contributed by atoms with Crippen LogP contribution in [0.5, 0.6) is 5.75 Å². The smallest absolute Gasteiger partial charge is 0.119 e. The molecule has 0 spiro atoms. The van der Waals surface area contributed by atoms with E-state index >= 15 is 0 Å². The maximum absolute atomic E-state index is 5.48. The molecule has 1 aromatic carbocycles. The van der Waals surface area contributed by atoms with Crippen LogP contribution in [0.3, 0.4) is 0 Å². The zero-order valence-electron chi connectivity index (χ0n) is 8.94. The van der Waals surface area contributed by atoms with Crippen LogP contribution in [-0.2, 0) is 4.74 Å². The summed E-state index contributed by atoms with van der Waals surface area (Å²) in [4.78, 5) is 1.24. The SMILES string of the molecule is CSc1ccc(OCCOCCN)cc1. The third kappa shape index (κ3) is 5.06. The minimum absolute atomic E-state index is 0.558. The molecule has 0 aromatic heterocycles. The molecule has 4 heteroatoms. The third-order valence-corrected chi connectivity index (χ3v) is 2.56. The average Bonchev–Trinajstić information content (AvgIpc) is 2.30. The second kappa shape index (κ2) is 7.56. The van der Waals surface area contributed by atoms with Crippen LogP contribution >= 0.6 is 11.8 Å². The maximum Gasteiger partial charge on any atom is 0.119 e. The summed E-state index contributed by atoms with van der Waals surface area (Å²) < 4.78 is 10.7. The molecule has 0 bridgehead atoms. The van der Waals surface area contributed by atoms with E-state index in [1.165, 1.54) is 4.90 Å². The first-order chi connectivity index (χ1) is 7.36. The second-order valence-electron chi connectivity index (χ2n) is 2.93. The fourth-order valence-corrected chi connectivity index (χ4v) is 1.48. The van der Waals surface area contributed by atoms with Gasteiger partial charge in [-0.3, -0.25) is 0 Å². The first kappa shape index (κ1) is 12.4. The normalized spacial score (nSPS) is 10.3. The van der Waals surface area contributed by atoms with Gasteiger partial charge in [0.15, 0.2) is 0 Å². The number of ether oxygens (including phenoxy) is 2. The summed E-state index contributed by atoms with van der Waals surface area (Å²) in [6.45, 7) is 2.30. The van der Waals surface area contributed by atoms with Gasteiger partial charge in [0.2, 0.25) is 0 Å². The molecule has 15 heavy (non-hydrogen) atoms. The number of rotatable bonds is 7. The van der Waals surface area contributed by atoms with Crippen LogP contribution in [0.2, 0.25) is 0 Å². The molecule has 0 heterocycles. The van der Waals surface area contributed by atoms with Gasteiger partial charge in [-0.2, -0.15) is 0 Å². The van der Waals surface area contributed by atoms with E-state index in [9.17, 15) is 0 Å².